The standard InChI is InChI=1S/C14H12F2OS/c1-9(17)14-12(16)3-2-4-13(14)18-11-7-5-10(15)6-8-11/h2-9,17H,1H3/t9-/m0/s1. The molecule has 0 aromatic heterocycles. The lowest BCUT2D eigenvalue weighted by molar-refractivity contribution is 0.191. The van der Waals surface area contributed by atoms with Crippen LogP contribution in [-0.2, 0) is 0 Å². The monoisotopic (exact) mass is 266 g/mol. The van der Waals surface area contributed by atoms with Gasteiger partial charge in [-0.3, -0.25) is 0 Å². The van der Waals surface area contributed by atoms with E-state index in [1.807, 2.05) is 0 Å². The fraction of sp³-hybridized carbons (Fsp3) is 0.143. The van der Waals surface area contributed by atoms with E-state index in [4.69, 9.17) is 0 Å². The molecular formula is C14H12F2OS. The summed E-state index contributed by atoms with van der Waals surface area (Å²) in [6.07, 6.45) is -0.880. The van der Waals surface area contributed by atoms with Gasteiger partial charge in [-0.1, -0.05) is 17.8 Å². The van der Waals surface area contributed by atoms with Crippen LogP contribution in [0.25, 0.3) is 0 Å². The zero-order valence-corrected chi connectivity index (χ0v) is 10.5. The molecule has 0 bridgehead atoms. The number of aliphatic hydroxyl groups is 1. The minimum atomic E-state index is -0.880. The van der Waals surface area contributed by atoms with Crippen LogP contribution >= 0.6 is 11.8 Å². The van der Waals surface area contributed by atoms with Gasteiger partial charge in [-0.2, -0.15) is 0 Å². The Balaban J connectivity index is 2.34. The topological polar surface area (TPSA) is 20.2 Å². The minimum absolute atomic E-state index is 0.270. The average molecular weight is 266 g/mol. The van der Waals surface area contributed by atoms with Crippen molar-refractivity contribution in [3.63, 3.8) is 0 Å². The zero-order chi connectivity index (χ0) is 13.1. The summed E-state index contributed by atoms with van der Waals surface area (Å²) in [5.74, 6) is -0.744. The summed E-state index contributed by atoms with van der Waals surface area (Å²) in [4.78, 5) is 1.43. The number of hydrogen-bond acceptors (Lipinski definition) is 2. The van der Waals surface area contributed by atoms with Crippen molar-refractivity contribution in [2.45, 2.75) is 22.8 Å². The van der Waals surface area contributed by atoms with Gasteiger partial charge in [-0.15, -0.1) is 0 Å². The molecule has 0 radical (unpaired) electrons. The Hall–Kier alpha value is -1.39. The van der Waals surface area contributed by atoms with E-state index in [2.05, 4.69) is 0 Å². The molecule has 1 atom stereocenters. The van der Waals surface area contributed by atoms with Crippen LogP contribution in [0.4, 0.5) is 8.78 Å². The van der Waals surface area contributed by atoms with Crippen molar-refractivity contribution in [2.75, 3.05) is 0 Å². The van der Waals surface area contributed by atoms with Crippen molar-refractivity contribution in [1.29, 1.82) is 0 Å². The molecule has 0 saturated carbocycles. The van der Waals surface area contributed by atoms with Gasteiger partial charge in [0.1, 0.15) is 11.6 Å². The third-order valence-electron chi connectivity index (χ3n) is 2.47. The quantitative estimate of drug-likeness (QED) is 0.899. The van der Waals surface area contributed by atoms with Crippen LogP contribution in [0.3, 0.4) is 0 Å². The van der Waals surface area contributed by atoms with E-state index >= 15 is 0 Å². The van der Waals surface area contributed by atoms with E-state index in [-0.39, 0.29) is 11.4 Å². The molecule has 0 unspecified atom stereocenters. The molecule has 0 spiro atoms. The largest absolute Gasteiger partial charge is 0.389 e. The van der Waals surface area contributed by atoms with E-state index in [9.17, 15) is 13.9 Å². The number of hydrogen-bond donors (Lipinski definition) is 1. The van der Waals surface area contributed by atoms with E-state index in [1.54, 1.807) is 24.3 Å². The maximum absolute atomic E-state index is 13.6. The second-order valence-corrected chi connectivity index (χ2v) is 5.00. The SMILES string of the molecule is C[C@H](O)c1c(F)cccc1Sc1ccc(F)cc1. The molecule has 0 heterocycles. The van der Waals surface area contributed by atoms with Crippen molar-refractivity contribution >= 4 is 11.8 Å². The predicted molar refractivity (Wildman–Crippen MR) is 67.6 cm³/mol. The first-order chi connectivity index (χ1) is 8.58. The summed E-state index contributed by atoms with van der Waals surface area (Å²) in [5.41, 5.74) is 0.270. The first kappa shape index (κ1) is 13.1. The normalized spacial score (nSPS) is 12.4. The molecule has 1 nitrogen and oxygen atoms in total. The molecule has 2 aromatic rings. The van der Waals surface area contributed by atoms with E-state index in [1.165, 1.54) is 36.9 Å². The van der Waals surface area contributed by atoms with Crippen LogP contribution in [0.5, 0.6) is 0 Å². The van der Waals surface area contributed by atoms with E-state index < -0.39 is 11.9 Å². The minimum Gasteiger partial charge on any atom is -0.389 e. The predicted octanol–water partition coefficient (Wildman–Crippen LogP) is 4.17. The van der Waals surface area contributed by atoms with Gasteiger partial charge in [0, 0.05) is 15.4 Å². The van der Waals surface area contributed by atoms with Crippen LogP contribution in [0, 0.1) is 11.6 Å². The van der Waals surface area contributed by atoms with Crippen molar-refractivity contribution in [3.05, 3.63) is 59.7 Å². The summed E-state index contributed by atoms with van der Waals surface area (Å²) < 4.78 is 26.4. The molecule has 94 valence electrons. The lowest BCUT2D eigenvalue weighted by Gasteiger charge is -2.12. The molecule has 0 aliphatic heterocycles. The van der Waals surface area contributed by atoms with Crippen LogP contribution in [0.1, 0.15) is 18.6 Å². The van der Waals surface area contributed by atoms with E-state index in [0.29, 0.717) is 4.90 Å². The van der Waals surface area contributed by atoms with Gasteiger partial charge in [0.2, 0.25) is 0 Å². The molecule has 0 aliphatic rings. The summed E-state index contributed by atoms with van der Waals surface area (Å²) in [5, 5.41) is 9.59. The Morgan fingerprint density at radius 3 is 2.33 bits per heavy atom. The van der Waals surface area contributed by atoms with Gasteiger partial charge in [0.25, 0.3) is 0 Å². The molecule has 0 amide bonds. The van der Waals surface area contributed by atoms with Gasteiger partial charge in [0.15, 0.2) is 0 Å². The van der Waals surface area contributed by atoms with Crippen LogP contribution in [-0.4, -0.2) is 5.11 Å². The average Bonchev–Trinajstić information content (AvgIpc) is 2.32. The number of aliphatic hydroxyl groups excluding tert-OH is 1. The highest BCUT2D eigenvalue weighted by Crippen LogP contribution is 2.34. The molecule has 4 heteroatoms. The summed E-state index contributed by atoms with van der Waals surface area (Å²) >= 11 is 1.30. The second kappa shape index (κ2) is 5.50. The maximum Gasteiger partial charge on any atom is 0.130 e. The van der Waals surface area contributed by atoms with Crippen LogP contribution in [0.15, 0.2) is 52.3 Å². The molecule has 18 heavy (non-hydrogen) atoms. The fourth-order valence-corrected chi connectivity index (χ4v) is 2.69. The Labute approximate surface area is 108 Å². The first-order valence-electron chi connectivity index (χ1n) is 5.48. The number of benzene rings is 2. The fourth-order valence-electron chi connectivity index (χ4n) is 1.64. The Bertz CT molecular complexity index is 538. The molecule has 1 N–H and O–H groups in total. The van der Waals surface area contributed by atoms with Gasteiger partial charge in [-0.25, -0.2) is 8.78 Å². The Morgan fingerprint density at radius 1 is 1.06 bits per heavy atom. The maximum atomic E-state index is 13.6. The zero-order valence-electron chi connectivity index (χ0n) is 9.73. The van der Waals surface area contributed by atoms with Crippen molar-refractivity contribution in [1.82, 2.24) is 0 Å². The Kier molecular flexibility index (Phi) is 3.99. The van der Waals surface area contributed by atoms with Crippen molar-refractivity contribution < 1.29 is 13.9 Å². The molecule has 0 saturated heterocycles. The highest BCUT2D eigenvalue weighted by molar-refractivity contribution is 7.99. The number of halogens is 2. The lowest BCUT2D eigenvalue weighted by Crippen LogP contribution is -1.98. The van der Waals surface area contributed by atoms with Gasteiger partial charge >= 0.3 is 0 Å². The molecule has 0 aliphatic carbocycles. The van der Waals surface area contributed by atoms with E-state index in [0.717, 1.165) is 4.90 Å². The summed E-state index contributed by atoms with van der Waals surface area (Å²) in [6.45, 7) is 1.52. The molecule has 2 aromatic carbocycles. The van der Waals surface area contributed by atoms with Crippen LogP contribution in [0.2, 0.25) is 0 Å². The molecule has 2 rings (SSSR count). The van der Waals surface area contributed by atoms with Gasteiger partial charge < -0.3 is 5.11 Å². The summed E-state index contributed by atoms with van der Waals surface area (Å²) in [7, 11) is 0. The van der Waals surface area contributed by atoms with Gasteiger partial charge in [-0.05, 0) is 43.3 Å². The number of rotatable bonds is 3. The van der Waals surface area contributed by atoms with Crippen LogP contribution < -0.4 is 0 Å². The van der Waals surface area contributed by atoms with Crippen molar-refractivity contribution in [2.24, 2.45) is 0 Å². The smallest absolute Gasteiger partial charge is 0.130 e. The highest BCUT2D eigenvalue weighted by Gasteiger charge is 2.14. The lowest BCUT2D eigenvalue weighted by atomic mass is 10.1. The Morgan fingerprint density at radius 2 is 1.72 bits per heavy atom. The third kappa shape index (κ3) is 2.89. The summed E-state index contributed by atoms with van der Waals surface area (Å²) in [6, 6.07) is 10.6. The third-order valence-corrected chi connectivity index (χ3v) is 3.56. The first-order valence-corrected chi connectivity index (χ1v) is 6.29. The van der Waals surface area contributed by atoms with Crippen molar-refractivity contribution in [3.8, 4) is 0 Å². The molecular weight excluding hydrogens is 254 g/mol. The molecule has 0 fully saturated rings. The van der Waals surface area contributed by atoms with Gasteiger partial charge in [0.05, 0.1) is 6.10 Å². The second-order valence-electron chi connectivity index (χ2n) is 3.88. The highest BCUT2D eigenvalue weighted by atomic mass is 32.2.